The molecule has 1 amide bonds. The lowest BCUT2D eigenvalue weighted by Crippen LogP contribution is -2.36. The Morgan fingerprint density at radius 3 is 2.25 bits per heavy atom. The largest absolute Gasteiger partial charge is 0.479 e. The standard InChI is InChI=1S/C11H14N2O6S/c1-12-10(15)7-2-4-8(5-3-7)20(18,19)13-6-9(14)11(16)17/h2-5,9,13-14H,6H2,1H3,(H,12,15)(H,16,17). The summed E-state index contributed by atoms with van der Waals surface area (Å²) < 4.78 is 25.5. The van der Waals surface area contributed by atoms with Crippen molar-refractivity contribution in [2.45, 2.75) is 11.0 Å². The molecule has 20 heavy (non-hydrogen) atoms. The summed E-state index contributed by atoms with van der Waals surface area (Å²) in [6.07, 6.45) is -1.82. The van der Waals surface area contributed by atoms with Gasteiger partial charge in [-0.15, -0.1) is 0 Å². The van der Waals surface area contributed by atoms with E-state index in [1.807, 2.05) is 4.72 Å². The molecule has 9 heteroatoms. The third-order valence-corrected chi connectivity index (χ3v) is 3.85. The van der Waals surface area contributed by atoms with Gasteiger partial charge in [0.05, 0.1) is 4.90 Å². The summed E-state index contributed by atoms with van der Waals surface area (Å²) in [5, 5.41) is 19.8. The number of nitrogens with one attached hydrogen (secondary N) is 2. The molecule has 0 aliphatic carbocycles. The average molecular weight is 302 g/mol. The number of amides is 1. The molecule has 4 N–H and O–H groups in total. The average Bonchev–Trinajstić information content (AvgIpc) is 2.44. The SMILES string of the molecule is CNC(=O)c1ccc(S(=O)(=O)NCC(O)C(=O)O)cc1. The molecule has 8 nitrogen and oxygen atoms in total. The van der Waals surface area contributed by atoms with Gasteiger partial charge in [-0.1, -0.05) is 0 Å². The highest BCUT2D eigenvalue weighted by Crippen LogP contribution is 2.10. The van der Waals surface area contributed by atoms with Crippen LogP contribution in [0.15, 0.2) is 29.2 Å². The first-order valence-corrected chi connectivity index (χ1v) is 6.99. The van der Waals surface area contributed by atoms with E-state index in [1.54, 1.807) is 0 Å². The Balaban J connectivity index is 2.83. The molecule has 110 valence electrons. The molecule has 0 fully saturated rings. The minimum Gasteiger partial charge on any atom is -0.479 e. The number of rotatable bonds is 6. The molecule has 0 spiro atoms. The summed E-state index contributed by atoms with van der Waals surface area (Å²) in [7, 11) is -2.50. The minimum atomic E-state index is -3.94. The van der Waals surface area contributed by atoms with Gasteiger partial charge in [-0.05, 0) is 24.3 Å². The molecule has 1 aromatic carbocycles. The predicted octanol–water partition coefficient (Wildman–Crippen LogP) is -1.23. The van der Waals surface area contributed by atoms with Crippen LogP contribution in [0.2, 0.25) is 0 Å². The van der Waals surface area contributed by atoms with Crippen LogP contribution >= 0.6 is 0 Å². The molecule has 0 saturated carbocycles. The summed E-state index contributed by atoms with van der Waals surface area (Å²) >= 11 is 0. The second kappa shape index (κ2) is 6.46. The van der Waals surface area contributed by atoms with E-state index in [2.05, 4.69) is 5.32 Å². The highest BCUT2D eigenvalue weighted by atomic mass is 32.2. The van der Waals surface area contributed by atoms with Crippen molar-refractivity contribution < 1.29 is 28.2 Å². The van der Waals surface area contributed by atoms with Crippen molar-refractivity contribution in [2.24, 2.45) is 0 Å². The van der Waals surface area contributed by atoms with E-state index in [0.29, 0.717) is 0 Å². The first kappa shape index (κ1) is 16.1. The molecule has 0 aliphatic heterocycles. The van der Waals surface area contributed by atoms with Gasteiger partial charge < -0.3 is 15.5 Å². The van der Waals surface area contributed by atoms with Gasteiger partial charge in [-0.3, -0.25) is 4.79 Å². The second-order valence-electron chi connectivity index (χ2n) is 3.81. The van der Waals surface area contributed by atoms with Crippen LogP contribution in [-0.4, -0.2) is 50.2 Å². The van der Waals surface area contributed by atoms with Crippen LogP contribution in [0.25, 0.3) is 0 Å². The topological polar surface area (TPSA) is 133 Å². The van der Waals surface area contributed by atoms with Crippen LogP contribution in [0.5, 0.6) is 0 Å². The molecule has 0 radical (unpaired) electrons. The molecule has 0 heterocycles. The van der Waals surface area contributed by atoms with Crippen molar-refractivity contribution in [1.82, 2.24) is 10.0 Å². The van der Waals surface area contributed by atoms with E-state index >= 15 is 0 Å². The van der Waals surface area contributed by atoms with Gasteiger partial charge in [0.1, 0.15) is 0 Å². The van der Waals surface area contributed by atoms with Gasteiger partial charge in [-0.2, -0.15) is 0 Å². The molecule has 0 aromatic heterocycles. The number of aliphatic hydroxyl groups is 1. The van der Waals surface area contributed by atoms with E-state index < -0.39 is 28.6 Å². The van der Waals surface area contributed by atoms with Crippen LogP contribution in [0.4, 0.5) is 0 Å². The number of aliphatic carboxylic acids is 1. The number of sulfonamides is 1. The fraction of sp³-hybridized carbons (Fsp3) is 0.273. The Labute approximate surface area is 115 Å². The maximum absolute atomic E-state index is 11.8. The van der Waals surface area contributed by atoms with Crippen molar-refractivity contribution in [3.05, 3.63) is 29.8 Å². The number of carboxylic acids is 1. The zero-order valence-electron chi connectivity index (χ0n) is 10.5. The van der Waals surface area contributed by atoms with Crippen molar-refractivity contribution in [1.29, 1.82) is 0 Å². The van der Waals surface area contributed by atoms with Crippen LogP contribution in [0.1, 0.15) is 10.4 Å². The number of hydrogen-bond donors (Lipinski definition) is 4. The van der Waals surface area contributed by atoms with Gasteiger partial charge in [0.25, 0.3) is 5.91 Å². The van der Waals surface area contributed by atoms with Gasteiger partial charge in [0.15, 0.2) is 6.10 Å². The normalized spacial score (nSPS) is 12.7. The number of carbonyl (C=O) groups is 2. The first-order chi connectivity index (χ1) is 9.27. The monoisotopic (exact) mass is 302 g/mol. The fourth-order valence-corrected chi connectivity index (χ4v) is 2.33. The van der Waals surface area contributed by atoms with Crippen LogP contribution < -0.4 is 10.0 Å². The summed E-state index contributed by atoms with van der Waals surface area (Å²) in [5.41, 5.74) is 0.289. The molecular weight excluding hydrogens is 288 g/mol. The van der Waals surface area contributed by atoms with E-state index in [4.69, 9.17) is 10.2 Å². The van der Waals surface area contributed by atoms with E-state index in [1.165, 1.54) is 31.3 Å². The maximum atomic E-state index is 11.8. The molecule has 1 unspecified atom stereocenters. The molecular formula is C11H14N2O6S. The third kappa shape index (κ3) is 4.02. The van der Waals surface area contributed by atoms with Crippen LogP contribution in [0.3, 0.4) is 0 Å². The predicted molar refractivity (Wildman–Crippen MR) is 68.7 cm³/mol. The van der Waals surface area contributed by atoms with Gasteiger partial charge in [-0.25, -0.2) is 17.9 Å². The number of carbonyl (C=O) groups excluding carboxylic acids is 1. The van der Waals surface area contributed by atoms with E-state index in [9.17, 15) is 18.0 Å². The zero-order chi connectivity index (χ0) is 15.3. The first-order valence-electron chi connectivity index (χ1n) is 5.50. The number of carboxylic acid groups (broad SMARTS) is 1. The van der Waals surface area contributed by atoms with E-state index in [0.717, 1.165) is 0 Å². The van der Waals surface area contributed by atoms with Crippen LogP contribution in [0, 0.1) is 0 Å². The summed E-state index contributed by atoms with van der Waals surface area (Å²) in [5.74, 6) is -1.88. The Kier molecular flexibility index (Phi) is 5.19. The molecule has 1 aromatic rings. The van der Waals surface area contributed by atoms with Gasteiger partial charge in [0.2, 0.25) is 10.0 Å². The summed E-state index contributed by atoms with van der Waals surface area (Å²) in [6.45, 7) is -0.644. The Morgan fingerprint density at radius 2 is 1.80 bits per heavy atom. The highest BCUT2D eigenvalue weighted by Gasteiger charge is 2.19. The van der Waals surface area contributed by atoms with Crippen molar-refractivity contribution in [3.8, 4) is 0 Å². The van der Waals surface area contributed by atoms with Gasteiger partial charge in [0, 0.05) is 19.2 Å². The fourth-order valence-electron chi connectivity index (χ4n) is 1.29. The Bertz CT molecular complexity index is 596. The van der Waals surface area contributed by atoms with Crippen molar-refractivity contribution >= 4 is 21.9 Å². The Morgan fingerprint density at radius 1 is 1.25 bits per heavy atom. The van der Waals surface area contributed by atoms with Crippen molar-refractivity contribution in [3.63, 3.8) is 0 Å². The maximum Gasteiger partial charge on any atom is 0.333 e. The number of benzene rings is 1. The quantitative estimate of drug-likeness (QED) is 0.520. The van der Waals surface area contributed by atoms with Gasteiger partial charge >= 0.3 is 5.97 Å². The zero-order valence-corrected chi connectivity index (χ0v) is 11.3. The Hall–Kier alpha value is -1.97. The highest BCUT2D eigenvalue weighted by molar-refractivity contribution is 7.89. The van der Waals surface area contributed by atoms with E-state index in [-0.39, 0.29) is 16.4 Å². The second-order valence-corrected chi connectivity index (χ2v) is 5.58. The molecule has 0 bridgehead atoms. The summed E-state index contributed by atoms with van der Waals surface area (Å²) in [6, 6.07) is 5.06. The van der Waals surface area contributed by atoms with Crippen molar-refractivity contribution in [2.75, 3.05) is 13.6 Å². The lowest BCUT2D eigenvalue weighted by molar-refractivity contribution is -0.146. The minimum absolute atomic E-state index is 0.136. The molecule has 1 rings (SSSR count). The molecule has 1 atom stereocenters. The number of hydrogen-bond acceptors (Lipinski definition) is 5. The third-order valence-electron chi connectivity index (χ3n) is 2.41. The van der Waals surface area contributed by atoms with Crippen LogP contribution in [-0.2, 0) is 14.8 Å². The smallest absolute Gasteiger partial charge is 0.333 e. The summed E-state index contributed by atoms with van der Waals surface area (Å²) in [4.78, 5) is 21.5. The lowest BCUT2D eigenvalue weighted by atomic mass is 10.2. The number of aliphatic hydroxyl groups excluding tert-OH is 1. The lowest BCUT2D eigenvalue weighted by Gasteiger charge is -2.09. The molecule has 0 aliphatic rings. The molecule has 0 saturated heterocycles.